The van der Waals surface area contributed by atoms with Crippen molar-refractivity contribution < 1.29 is 9.59 Å². The predicted molar refractivity (Wildman–Crippen MR) is 70.8 cm³/mol. The van der Waals surface area contributed by atoms with Crippen LogP contribution in [0.25, 0.3) is 0 Å². The average molecular weight is 255 g/mol. The van der Waals surface area contributed by atoms with Crippen LogP contribution >= 0.6 is 0 Å². The molecule has 18 heavy (non-hydrogen) atoms. The number of amides is 2. The molecule has 1 fully saturated rings. The largest absolute Gasteiger partial charge is 0.339 e. The van der Waals surface area contributed by atoms with Crippen molar-refractivity contribution in [3.05, 3.63) is 0 Å². The summed E-state index contributed by atoms with van der Waals surface area (Å²) in [4.78, 5) is 27.6. The molecule has 0 radical (unpaired) electrons. The summed E-state index contributed by atoms with van der Waals surface area (Å²) in [7, 11) is 0. The fourth-order valence-corrected chi connectivity index (χ4v) is 2.20. The van der Waals surface area contributed by atoms with Gasteiger partial charge in [0.25, 0.3) is 0 Å². The van der Waals surface area contributed by atoms with Crippen LogP contribution in [0.2, 0.25) is 0 Å². The zero-order chi connectivity index (χ0) is 13.7. The molecule has 0 aromatic carbocycles. The molecule has 2 amide bonds. The van der Waals surface area contributed by atoms with Crippen LogP contribution in [0.4, 0.5) is 0 Å². The van der Waals surface area contributed by atoms with Crippen LogP contribution < -0.4 is 5.73 Å². The van der Waals surface area contributed by atoms with Gasteiger partial charge in [-0.15, -0.1) is 0 Å². The summed E-state index contributed by atoms with van der Waals surface area (Å²) < 4.78 is 0. The smallest absolute Gasteiger partial charge is 0.225 e. The Morgan fingerprint density at radius 1 is 1.00 bits per heavy atom. The Hall–Kier alpha value is -1.10. The van der Waals surface area contributed by atoms with Crippen molar-refractivity contribution in [1.29, 1.82) is 0 Å². The molecule has 1 rings (SSSR count). The van der Waals surface area contributed by atoms with Crippen molar-refractivity contribution in [2.75, 3.05) is 32.7 Å². The molecule has 0 saturated carbocycles. The molecule has 0 aromatic rings. The zero-order valence-electron chi connectivity index (χ0n) is 11.7. The summed E-state index contributed by atoms with van der Waals surface area (Å²) in [5, 5.41) is 0. The number of hydrogen-bond donors (Lipinski definition) is 1. The molecular weight excluding hydrogens is 230 g/mol. The third kappa shape index (κ3) is 3.70. The van der Waals surface area contributed by atoms with Crippen molar-refractivity contribution in [3.63, 3.8) is 0 Å². The van der Waals surface area contributed by atoms with Crippen LogP contribution in [-0.4, -0.2) is 54.3 Å². The van der Waals surface area contributed by atoms with E-state index in [2.05, 4.69) is 0 Å². The van der Waals surface area contributed by atoms with Crippen LogP contribution in [-0.2, 0) is 9.59 Å². The van der Waals surface area contributed by atoms with E-state index in [0.717, 1.165) is 6.42 Å². The van der Waals surface area contributed by atoms with Gasteiger partial charge in [-0.25, -0.2) is 0 Å². The van der Waals surface area contributed by atoms with E-state index in [4.69, 9.17) is 5.73 Å². The lowest BCUT2D eigenvalue weighted by Gasteiger charge is -2.36. The lowest BCUT2D eigenvalue weighted by Crippen LogP contribution is -2.52. The van der Waals surface area contributed by atoms with Crippen molar-refractivity contribution in [3.8, 4) is 0 Å². The lowest BCUT2D eigenvalue weighted by atomic mass is 10.1. The van der Waals surface area contributed by atoms with E-state index < -0.39 is 0 Å². The first-order valence-electron chi connectivity index (χ1n) is 6.75. The number of nitrogens with zero attached hydrogens (tertiary/aromatic N) is 2. The number of hydrogen-bond acceptors (Lipinski definition) is 3. The van der Waals surface area contributed by atoms with E-state index in [1.54, 1.807) is 0 Å². The minimum Gasteiger partial charge on any atom is -0.339 e. The second-order valence-corrected chi connectivity index (χ2v) is 5.28. The molecule has 104 valence electrons. The molecule has 1 aliphatic rings. The van der Waals surface area contributed by atoms with E-state index >= 15 is 0 Å². The van der Waals surface area contributed by atoms with E-state index in [0.29, 0.717) is 32.7 Å². The van der Waals surface area contributed by atoms with Gasteiger partial charge in [-0.1, -0.05) is 20.8 Å². The third-order valence-electron chi connectivity index (χ3n) is 3.42. The lowest BCUT2D eigenvalue weighted by molar-refractivity contribution is -0.143. The second kappa shape index (κ2) is 6.73. The van der Waals surface area contributed by atoms with E-state index in [9.17, 15) is 9.59 Å². The maximum Gasteiger partial charge on any atom is 0.225 e. The van der Waals surface area contributed by atoms with Crippen LogP contribution in [0.1, 0.15) is 27.2 Å². The molecule has 1 saturated heterocycles. The van der Waals surface area contributed by atoms with Crippen molar-refractivity contribution in [2.24, 2.45) is 17.6 Å². The quantitative estimate of drug-likeness (QED) is 0.785. The van der Waals surface area contributed by atoms with Gasteiger partial charge in [0, 0.05) is 38.0 Å². The second-order valence-electron chi connectivity index (χ2n) is 5.28. The number of nitrogens with two attached hydrogens (primary N) is 1. The van der Waals surface area contributed by atoms with E-state index in [-0.39, 0.29) is 23.7 Å². The van der Waals surface area contributed by atoms with Gasteiger partial charge in [0.2, 0.25) is 11.8 Å². The molecule has 0 aliphatic carbocycles. The molecular formula is C13H25N3O2. The Morgan fingerprint density at radius 3 is 1.83 bits per heavy atom. The SMILES string of the molecule is CC(C)C(=O)N1CCN(C(=O)C(C)CCN)CC1. The molecule has 2 N–H and O–H groups in total. The highest BCUT2D eigenvalue weighted by Gasteiger charge is 2.27. The van der Waals surface area contributed by atoms with Gasteiger partial charge in [-0.2, -0.15) is 0 Å². The topological polar surface area (TPSA) is 66.6 Å². The highest BCUT2D eigenvalue weighted by Crippen LogP contribution is 2.11. The monoisotopic (exact) mass is 255 g/mol. The molecule has 1 heterocycles. The first kappa shape index (κ1) is 15.0. The van der Waals surface area contributed by atoms with E-state index in [1.807, 2.05) is 30.6 Å². The Bertz CT molecular complexity index is 297. The van der Waals surface area contributed by atoms with Gasteiger partial charge >= 0.3 is 0 Å². The van der Waals surface area contributed by atoms with Crippen molar-refractivity contribution >= 4 is 11.8 Å². The molecule has 5 nitrogen and oxygen atoms in total. The highest BCUT2D eigenvalue weighted by atomic mass is 16.2. The molecule has 0 bridgehead atoms. The molecule has 0 aromatic heterocycles. The maximum absolute atomic E-state index is 12.1. The summed E-state index contributed by atoms with van der Waals surface area (Å²) in [6, 6.07) is 0. The molecule has 1 unspecified atom stereocenters. The van der Waals surface area contributed by atoms with Crippen LogP contribution in [0.3, 0.4) is 0 Å². The Kier molecular flexibility index (Phi) is 5.59. The summed E-state index contributed by atoms with van der Waals surface area (Å²) in [6.45, 7) is 8.86. The Labute approximate surface area is 109 Å². The standard InChI is InChI=1S/C13H25N3O2/c1-10(2)12(17)15-6-8-16(9-7-15)13(18)11(3)4-5-14/h10-11H,4-9,14H2,1-3H3. The Morgan fingerprint density at radius 2 is 1.44 bits per heavy atom. The number of rotatable bonds is 4. The van der Waals surface area contributed by atoms with E-state index in [1.165, 1.54) is 0 Å². The van der Waals surface area contributed by atoms with Gasteiger partial charge in [-0.05, 0) is 13.0 Å². The summed E-state index contributed by atoms with van der Waals surface area (Å²) in [5.41, 5.74) is 5.47. The summed E-state index contributed by atoms with van der Waals surface area (Å²) in [6.07, 6.45) is 0.726. The Balaban J connectivity index is 2.44. The first-order valence-corrected chi connectivity index (χ1v) is 6.75. The number of piperazine rings is 1. The minimum atomic E-state index is -0.0117. The van der Waals surface area contributed by atoms with Gasteiger partial charge < -0.3 is 15.5 Å². The number of carbonyl (C=O) groups excluding carboxylic acids is 2. The van der Waals surface area contributed by atoms with Crippen molar-refractivity contribution in [2.45, 2.75) is 27.2 Å². The summed E-state index contributed by atoms with van der Waals surface area (Å²) >= 11 is 0. The summed E-state index contributed by atoms with van der Waals surface area (Å²) in [5.74, 6) is 0.361. The third-order valence-corrected chi connectivity index (χ3v) is 3.42. The fourth-order valence-electron chi connectivity index (χ4n) is 2.20. The van der Waals surface area contributed by atoms with Gasteiger partial charge in [0.1, 0.15) is 0 Å². The molecule has 1 atom stereocenters. The average Bonchev–Trinajstić information content (AvgIpc) is 2.37. The van der Waals surface area contributed by atoms with Crippen molar-refractivity contribution in [1.82, 2.24) is 9.80 Å². The van der Waals surface area contributed by atoms with Gasteiger partial charge in [0.05, 0.1) is 0 Å². The molecule has 1 aliphatic heterocycles. The van der Waals surface area contributed by atoms with Gasteiger partial charge in [0.15, 0.2) is 0 Å². The highest BCUT2D eigenvalue weighted by molar-refractivity contribution is 5.80. The van der Waals surface area contributed by atoms with Gasteiger partial charge in [-0.3, -0.25) is 9.59 Å². The predicted octanol–water partition coefficient (Wildman–Crippen LogP) is 0.298. The molecule has 0 spiro atoms. The van der Waals surface area contributed by atoms with Crippen LogP contribution in [0, 0.1) is 11.8 Å². The minimum absolute atomic E-state index is 0.0117. The first-order chi connectivity index (χ1) is 8.47. The molecule has 5 heteroatoms. The van der Waals surface area contributed by atoms with Crippen LogP contribution in [0.15, 0.2) is 0 Å². The number of carbonyl (C=O) groups is 2. The zero-order valence-corrected chi connectivity index (χ0v) is 11.7. The normalized spacial score (nSPS) is 18.1. The van der Waals surface area contributed by atoms with Crippen LogP contribution in [0.5, 0.6) is 0 Å². The fraction of sp³-hybridized carbons (Fsp3) is 0.846. The maximum atomic E-state index is 12.1.